The topological polar surface area (TPSA) is 177 Å². The van der Waals surface area contributed by atoms with Crippen LogP contribution in [0.5, 0.6) is 5.88 Å². The number of ether oxygens (including phenoxy) is 1. The van der Waals surface area contributed by atoms with Gasteiger partial charge in [0.05, 0.1) is 24.8 Å². The SMILES string of the molecule is C=CCn1c(=O)c2cnc(Nc3ccc(N4CCN(CCCCc5cccc6c5C(=O)N(C5CCC(=O)NC5=O)C6=O)CC4)cc3)nc2n1-c1cccc(OC)n1. The van der Waals surface area contributed by atoms with Gasteiger partial charge in [0.1, 0.15) is 11.4 Å². The second-order valence-electron chi connectivity index (χ2n) is 14.2. The van der Waals surface area contributed by atoms with Crippen LogP contribution in [0, 0.1) is 0 Å². The Bertz CT molecular complexity index is 2450. The van der Waals surface area contributed by atoms with E-state index in [-0.39, 0.29) is 24.9 Å². The highest BCUT2D eigenvalue weighted by Crippen LogP contribution is 2.31. The molecule has 3 aromatic heterocycles. The van der Waals surface area contributed by atoms with Crippen molar-refractivity contribution >= 4 is 52.0 Å². The van der Waals surface area contributed by atoms with E-state index in [1.54, 1.807) is 41.1 Å². The van der Waals surface area contributed by atoms with Crippen molar-refractivity contribution in [2.45, 2.75) is 44.7 Å². The highest BCUT2D eigenvalue weighted by Gasteiger charge is 2.45. The van der Waals surface area contributed by atoms with Crippen molar-refractivity contribution in [1.29, 1.82) is 0 Å². The fourth-order valence-electron chi connectivity index (χ4n) is 7.80. The zero-order chi connectivity index (χ0) is 39.6. The minimum atomic E-state index is -0.971. The van der Waals surface area contributed by atoms with E-state index in [1.807, 2.05) is 18.2 Å². The number of amides is 4. The number of rotatable bonds is 13. The Balaban J connectivity index is 0.845. The largest absolute Gasteiger partial charge is 0.481 e. The molecule has 2 saturated heterocycles. The summed E-state index contributed by atoms with van der Waals surface area (Å²) in [7, 11) is 1.54. The van der Waals surface area contributed by atoms with E-state index in [1.165, 1.54) is 18.0 Å². The lowest BCUT2D eigenvalue weighted by molar-refractivity contribution is -0.136. The molecule has 6 heterocycles. The standard InChI is InChI=1S/C41H42N10O6/c1-3-19-49-38(54)30-25-42-41(46-36(30)51(49)32-11-7-12-34(44-32)57-2)43-27-13-15-28(16-14-27)48-23-21-47(22-24-48)20-5-4-8-26-9-6-10-29-35(26)40(56)50(39(29)55)31-17-18-33(52)45-37(31)53/h3,6-7,9-16,25,31H,1,4-5,8,17-24H2,2H3,(H,42,43,46)(H,45,52,53). The summed E-state index contributed by atoms with van der Waals surface area (Å²) in [5, 5.41) is 5.87. The smallest absolute Gasteiger partial charge is 0.278 e. The Labute approximate surface area is 327 Å². The number of unbranched alkanes of at least 4 members (excludes halogenated alkanes) is 1. The maximum atomic E-state index is 13.4. The number of imide groups is 2. The van der Waals surface area contributed by atoms with Crippen LogP contribution >= 0.6 is 0 Å². The highest BCUT2D eigenvalue weighted by molar-refractivity contribution is 6.24. The van der Waals surface area contributed by atoms with Crippen LogP contribution in [0.15, 0.2) is 84.3 Å². The second kappa shape index (κ2) is 15.8. The van der Waals surface area contributed by atoms with Crippen LogP contribution in [-0.2, 0) is 22.6 Å². The first-order valence-corrected chi connectivity index (χ1v) is 19.0. The summed E-state index contributed by atoms with van der Waals surface area (Å²) in [4.78, 5) is 83.5. The Kier molecular flexibility index (Phi) is 10.3. The van der Waals surface area contributed by atoms with Gasteiger partial charge in [0.2, 0.25) is 23.6 Å². The number of nitrogens with one attached hydrogen (secondary N) is 2. The van der Waals surface area contributed by atoms with Crippen LogP contribution in [-0.4, -0.2) is 104 Å². The van der Waals surface area contributed by atoms with Crippen molar-refractivity contribution in [3.8, 4) is 11.7 Å². The molecule has 0 aliphatic carbocycles. The van der Waals surface area contributed by atoms with Crippen molar-refractivity contribution in [3.05, 3.63) is 107 Å². The van der Waals surface area contributed by atoms with Gasteiger partial charge in [-0.25, -0.2) is 14.3 Å². The molecule has 0 saturated carbocycles. The van der Waals surface area contributed by atoms with E-state index in [9.17, 15) is 24.0 Å². The lowest BCUT2D eigenvalue weighted by Crippen LogP contribution is -2.54. The molecular weight excluding hydrogens is 729 g/mol. The molecule has 1 unspecified atom stereocenters. The molecule has 3 aliphatic rings. The van der Waals surface area contributed by atoms with Crippen LogP contribution in [0.3, 0.4) is 0 Å². The molecule has 2 aromatic carbocycles. The van der Waals surface area contributed by atoms with Gasteiger partial charge in [-0.1, -0.05) is 24.3 Å². The molecule has 2 fully saturated rings. The maximum absolute atomic E-state index is 13.4. The fraction of sp³-hybridized carbons (Fsp3) is 0.317. The first-order chi connectivity index (χ1) is 27.7. The molecule has 16 heteroatoms. The van der Waals surface area contributed by atoms with Crippen LogP contribution in [0.25, 0.3) is 16.9 Å². The van der Waals surface area contributed by atoms with Crippen LogP contribution in [0.1, 0.15) is 52.0 Å². The Hall–Kier alpha value is -6.68. The summed E-state index contributed by atoms with van der Waals surface area (Å²) in [5.41, 5.74) is 3.57. The number of allylic oxidation sites excluding steroid dienone is 1. The Morgan fingerprint density at radius 1 is 0.930 bits per heavy atom. The number of hydrogen-bond donors (Lipinski definition) is 2. The van der Waals surface area contributed by atoms with Gasteiger partial charge >= 0.3 is 0 Å². The summed E-state index contributed by atoms with van der Waals surface area (Å²) in [6.07, 6.45) is 5.81. The molecular formula is C41H42N10O6. The number of piperazine rings is 1. The van der Waals surface area contributed by atoms with E-state index in [0.717, 1.165) is 67.4 Å². The zero-order valence-electron chi connectivity index (χ0n) is 31.5. The predicted molar refractivity (Wildman–Crippen MR) is 212 cm³/mol. The predicted octanol–water partition coefficient (Wildman–Crippen LogP) is 3.46. The number of methoxy groups -OCH3 is 1. The van der Waals surface area contributed by atoms with Gasteiger partial charge < -0.3 is 15.0 Å². The third-order valence-corrected chi connectivity index (χ3v) is 10.7. The molecule has 0 radical (unpaired) electrons. The first kappa shape index (κ1) is 37.3. The molecule has 0 spiro atoms. The van der Waals surface area contributed by atoms with Crippen LogP contribution in [0.2, 0.25) is 0 Å². The number of pyridine rings is 1. The number of piperidine rings is 1. The van der Waals surface area contributed by atoms with Gasteiger partial charge in [0.15, 0.2) is 11.5 Å². The van der Waals surface area contributed by atoms with Crippen LogP contribution in [0.4, 0.5) is 17.3 Å². The Morgan fingerprint density at radius 3 is 2.47 bits per heavy atom. The minimum absolute atomic E-state index is 0.0910. The molecule has 3 aliphatic heterocycles. The molecule has 0 bridgehead atoms. The van der Waals surface area contributed by atoms with Gasteiger partial charge in [-0.15, -0.1) is 6.58 Å². The quantitative estimate of drug-likeness (QED) is 0.102. The average Bonchev–Trinajstić information content (AvgIpc) is 3.65. The lowest BCUT2D eigenvalue weighted by Gasteiger charge is -2.36. The molecule has 57 heavy (non-hydrogen) atoms. The van der Waals surface area contributed by atoms with E-state index in [4.69, 9.17) is 9.72 Å². The number of benzene rings is 2. The third kappa shape index (κ3) is 7.26. The van der Waals surface area contributed by atoms with Crippen molar-refractivity contribution in [3.63, 3.8) is 0 Å². The average molecular weight is 771 g/mol. The van der Waals surface area contributed by atoms with Gasteiger partial charge in [0, 0.05) is 56.2 Å². The number of aryl methyl sites for hydroxylation is 1. The van der Waals surface area contributed by atoms with Crippen molar-refractivity contribution < 1.29 is 23.9 Å². The minimum Gasteiger partial charge on any atom is -0.481 e. The van der Waals surface area contributed by atoms with Gasteiger partial charge in [0.25, 0.3) is 17.4 Å². The molecule has 16 nitrogen and oxygen atoms in total. The molecule has 2 N–H and O–H groups in total. The normalized spacial score (nSPS) is 17.2. The van der Waals surface area contributed by atoms with E-state index in [2.05, 4.69) is 49.1 Å². The number of anilines is 3. The van der Waals surface area contributed by atoms with Crippen LogP contribution < -0.4 is 25.8 Å². The Morgan fingerprint density at radius 2 is 1.72 bits per heavy atom. The van der Waals surface area contributed by atoms with Crippen molar-refractivity contribution in [2.75, 3.05) is 50.1 Å². The van der Waals surface area contributed by atoms with E-state index in [0.29, 0.717) is 46.2 Å². The first-order valence-electron chi connectivity index (χ1n) is 19.0. The summed E-state index contributed by atoms with van der Waals surface area (Å²) in [6.45, 7) is 8.56. The molecule has 4 amide bonds. The summed E-state index contributed by atoms with van der Waals surface area (Å²) < 4.78 is 8.47. The molecule has 5 aromatic rings. The lowest BCUT2D eigenvalue weighted by atomic mass is 9.98. The van der Waals surface area contributed by atoms with Gasteiger partial charge in [-0.05, 0) is 74.2 Å². The molecule has 1 atom stereocenters. The monoisotopic (exact) mass is 770 g/mol. The fourth-order valence-corrected chi connectivity index (χ4v) is 7.80. The van der Waals surface area contributed by atoms with E-state index < -0.39 is 29.7 Å². The third-order valence-electron chi connectivity index (χ3n) is 10.7. The summed E-state index contributed by atoms with van der Waals surface area (Å²) >= 11 is 0. The van der Waals surface area contributed by atoms with Crippen molar-refractivity contribution in [2.24, 2.45) is 0 Å². The summed E-state index contributed by atoms with van der Waals surface area (Å²) in [6, 6.07) is 17.7. The maximum Gasteiger partial charge on any atom is 0.278 e. The number of fused-ring (bicyclic) bond motifs is 2. The van der Waals surface area contributed by atoms with Crippen molar-refractivity contribution in [1.82, 2.24) is 39.4 Å². The number of aromatic nitrogens is 5. The highest BCUT2D eigenvalue weighted by atomic mass is 16.5. The molecule has 292 valence electrons. The van der Waals surface area contributed by atoms with Gasteiger partial charge in [-0.3, -0.25) is 39.1 Å². The number of hydrogen-bond acceptors (Lipinski definition) is 12. The number of nitrogens with zero attached hydrogens (tertiary/aromatic N) is 8. The summed E-state index contributed by atoms with van der Waals surface area (Å²) in [5.74, 6) is -0.713. The molecule has 8 rings (SSSR count). The second-order valence-corrected chi connectivity index (χ2v) is 14.2. The number of carbonyl (C=O) groups is 4. The van der Waals surface area contributed by atoms with Gasteiger partial charge in [-0.2, -0.15) is 9.97 Å². The zero-order valence-corrected chi connectivity index (χ0v) is 31.5. The number of carbonyl (C=O) groups excluding carboxylic acids is 4. The van der Waals surface area contributed by atoms with E-state index >= 15 is 0 Å².